The van der Waals surface area contributed by atoms with E-state index in [-0.39, 0.29) is 30.3 Å². The van der Waals surface area contributed by atoms with Crippen LogP contribution in [0.15, 0.2) is 0 Å². The quantitative estimate of drug-likeness (QED) is 0.0663. The zero-order valence-electron chi connectivity index (χ0n) is 26.1. The minimum absolute atomic E-state index is 0.0717. The molecule has 1 atom stereocenters. The average Bonchev–Trinajstić information content (AvgIpc) is 2.93. The van der Waals surface area contributed by atoms with Crippen LogP contribution in [0, 0.1) is 0 Å². The molecule has 0 aromatic heterocycles. The van der Waals surface area contributed by atoms with E-state index in [0.29, 0.717) is 12.8 Å². The Hall–Kier alpha value is -1.08. The number of rotatable bonds is 30. The van der Waals surface area contributed by atoms with Gasteiger partial charge in [-0.2, -0.15) is 0 Å². The van der Waals surface area contributed by atoms with Crippen molar-refractivity contribution in [3.8, 4) is 0 Å². The highest BCUT2D eigenvalue weighted by Crippen LogP contribution is 2.15. The van der Waals surface area contributed by atoms with Crippen molar-refractivity contribution in [1.29, 1.82) is 0 Å². The third kappa shape index (κ3) is 29.9. The van der Waals surface area contributed by atoms with Crippen molar-refractivity contribution in [2.24, 2.45) is 0 Å². The lowest BCUT2D eigenvalue weighted by atomic mass is 10.0. The third-order valence-corrected chi connectivity index (χ3v) is 8.15. The van der Waals surface area contributed by atoms with E-state index < -0.39 is 6.10 Å². The van der Waals surface area contributed by atoms with Gasteiger partial charge in [-0.25, -0.2) is 0 Å². The van der Waals surface area contributed by atoms with E-state index in [4.69, 9.17) is 9.47 Å². The summed E-state index contributed by atoms with van der Waals surface area (Å²) in [4.78, 5) is 34.9. The summed E-state index contributed by atoms with van der Waals surface area (Å²) in [5.74, 6) is 0.359. The fourth-order valence-corrected chi connectivity index (χ4v) is 5.37. The van der Waals surface area contributed by atoms with Gasteiger partial charge in [0, 0.05) is 25.5 Å². The highest BCUT2D eigenvalue weighted by molar-refractivity contribution is 8.13. The Kier molecular flexibility index (Phi) is 30.0. The minimum atomic E-state index is -0.771. The van der Waals surface area contributed by atoms with Gasteiger partial charge in [-0.05, 0) is 19.3 Å². The first-order chi connectivity index (χ1) is 19.5. The molecule has 0 unspecified atom stereocenters. The molecular formula is C33H62O6S. The second kappa shape index (κ2) is 30.9. The fraction of sp³-hybridized carbons (Fsp3) is 0.909. The van der Waals surface area contributed by atoms with Crippen LogP contribution in [-0.2, 0) is 23.9 Å². The van der Waals surface area contributed by atoms with Crippen molar-refractivity contribution in [2.45, 2.75) is 174 Å². The van der Waals surface area contributed by atoms with Crippen molar-refractivity contribution in [1.82, 2.24) is 0 Å². The van der Waals surface area contributed by atoms with E-state index in [2.05, 4.69) is 6.92 Å². The molecule has 1 N–H and O–H groups in total. The predicted octanol–water partition coefficient (Wildman–Crippen LogP) is 9.10. The summed E-state index contributed by atoms with van der Waals surface area (Å²) >= 11 is 1.44. The Bertz CT molecular complexity index is 597. The Labute approximate surface area is 250 Å². The summed E-state index contributed by atoms with van der Waals surface area (Å²) in [6.45, 7) is 3.46. The monoisotopic (exact) mass is 586 g/mol. The number of hydrogen-bond donors (Lipinski definition) is 1. The van der Waals surface area contributed by atoms with Gasteiger partial charge in [0.05, 0.1) is 6.61 Å². The Balaban J connectivity index is 3.50. The Morgan fingerprint density at radius 1 is 0.600 bits per heavy atom. The molecule has 0 aromatic rings. The largest absolute Gasteiger partial charge is 0.462 e. The lowest BCUT2D eigenvalue weighted by Crippen LogP contribution is -2.28. The summed E-state index contributed by atoms with van der Waals surface area (Å²) in [5, 5.41) is 9.70. The van der Waals surface area contributed by atoms with Crippen LogP contribution in [0.3, 0.4) is 0 Å². The Morgan fingerprint density at radius 3 is 1.43 bits per heavy atom. The summed E-state index contributed by atoms with van der Waals surface area (Å²) in [5.41, 5.74) is 0. The normalized spacial score (nSPS) is 11.9. The molecule has 0 radical (unpaired) electrons. The highest BCUT2D eigenvalue weighted by atomic mass is 32.2. The van der Waals surface area contributed by atoms with Crippen molar-refractivity contribution in [3.63, 3.8) is 0 Å². The molecule has 236 valence electrons. The number of unbranched alkanes of at least 4 members (excludes halogenated alkanes) is 20. The molecule has 0 rings (SSSR count). The van der Waals surface area contributed by atoms with Gasteiger partial charge in [0.15, 0.2) is 11.2 Å². The van der Waals surface area contributed by atoms with Crippen LogP contribution in [0.2, 0.25) is 0 Å². The van der Waals surface area contributed by atoms with E-state index in [1.54, 1.807) is 6.92 Å². The number of aliphatic hydroxyl groups excluding tert-OH is 1. The summed E-state index contributed by atoms with van der Waals surface area (Å²) in [6, 6.07) is 0. The molecule has 0 saturated carbocycles. The first-order valence-electron chi connectivity index (χ1n) is 16.6. The van der Waals surface area contributed by atoms with Crippen LogP contribution in [0.25, 0.3) is 0 Å². The number of esters is 2. The van der Waals surface area contributed by atoms with Gasteiger partial charge in [-0.1, -0.05) is 141 Å². The third-order valence-electron chi connectivity index (χ3n) is 7.25. The molecule has 7 heteroatoms. The fourth-order valence-electron chi connectivity index (χ4n) is 4.74. The highest BCUT2D eigenvalue weighted by Gasteiger charge is 2.16. The van der Waals surface area contributed by atoms with Gasteiger partial charge in [0.1, 0.15) is 6.61 Å². The van der Waals surface area contributed by atoms with Crippen LogP contribution < -0.4 is 0 Å². The lowest BCUT2D eigenvalue weighted by molar-refractivity contribution is -0.161. The Morgan fingerprint density at radius 2 is 1.00 bits per heavy atom. The van der Waals surface area contributed by atoms with Crippen LogP contribution >= 0.6 is 11.8 Å². The molecule has 0 aromatic carbocycles. The van der Waals surface area contributed by atoms with Crippen molar-refractivity contribution in [2.75, 3.05) is 19.0 Å². The molecule has 0 bridgehead atoms. The van der Waals surface area contributed by atoms with Gasteiger partial charge in [-0.3, -0.25) is 14.4 Å². The zero-order valence-corrected chi connectivity index (χ0v) is 26.9. The van der Waals surface area contributed by atoms with Crippen LogP contribution in [0.4, 0.5) is 0 Å². The summed E-state index contributed by atoms with van der Waals surface area (Å²) < 4.78 is 10.5. The molecule has 0 spiro atoms. The number of aliphatic hydroxyl groups is 1. The molecule has 0 heterocycles. The minimum Gasteiger partial charge on any atom is -0.462 e. The number of hydrogen-bond acceptors (Lipinski definition) is 7. The molecule has 0 saturated heterocycles. The molecule has 6 nitrogen and oxygen atoms in total. The number of thioether (sulfide) groups is 1. The molecule has 40 heavy (non-hydrogen) atoms. The maximum atomic E-state index is 12.0. The summed E-state index contributed by atoms with van der Waals surface area (Å²) in [7, 11) is 0. The lowest BCUT2D eigenvalue weighted by Gasteiger charge is -2.15. The molecule has 0 fully saturated rings. The molecule has 0 amide bonds. The van der Waals surface area contributed by atoms with Crippen LogP contribution in [-0.4, -0.2) is 47.2 Å². The second-order valence-electron chi connectivity index (χ2n) is 11.2. The number of ether oxygens (including phenoxy) is 2. The van der Waals surface area contributed by atoms with E-state index in [1.165, 1.54) is 108 Å². The maximum absolute atomic E-state index is 12.0. The zero-order chi connectivity index (χ0) is 29.5. The van der Waals surface area contributed by atoms with E-state index in [0.717, 1.165) is 50.7 Å². The summed E-state index contributed by atoms with van der Waals surface area (Å²) in [6.07, 6.45) is 26.3. The standard InChI is InChI=1S/C33H62O6S/c1-3-4-5-6-7-13-17-20-23-26-33(37)39-31(28-34)29-38-32(36)25-22-19-16-14-11-9-8-10-12-15-18-21-24-27-40-30(2)35/h31,34H,3-29H2,1-2H3/t31-/m1/s1. The van der Waals surface area contributed by atoms with Gasteiger partial charge in [0.2, 0.25) is 0 Å². The van der Waals surface area contributed by atoms with Gasteiger partial charge in [-0.15, -0.1) is 0 Å². The second-order valence-corrected chi connectivity index (χ2v) is 12.5. The molecular weight excluding hydrogens is 524 g/mol. The van der Waals surface area contributed by atoms with E-state index >= 15 is 0 Å². The van der Waals surface area contributed by atoms with E-state index in [1.807, 2.05) is 0 Å². The van der Waals surface area contributed by atoms with Crippen LogP contribution in [0.5, 0.6) is 0 Å². The van der Waals surface area contributed by atoms with Crippen LogP contribution in [0.1, 0.15) is 168 Å². The van der Waals surface area contributed by atoms with Gasteiger partial charge < -0.3 is 14.6 Å². The van der Waals surface area contributed by atoms with Crippen molar-refractivity contribution >= 4 is 28.8 Å². The number of carbonyl (C=O) groups is 3. The first-order valence-corrected chi connectivity index (χ1v) is 17.6. The SMILES string of the molecule is CCCCCCCCCCCC(=O)O[C@H](CO)COC(=O)CCCCCCCCCCCCCCCSC(C)=O. The first kappa shape index (κ1) is 38.9. The van der Waals surface area contributed by atoms with Gasteiger partial charge in [0.25, 0.3) is 0 Å². The molecule has 0 aliphatic rings. The molecule has 0 aliphatic carbocycles. The average molecular weight is 587 g/mol. The van der Waals surface area contributed by atoms with Gasteiger partial charge >= 0.3 is 11.9 Å². The maximum Gasteiger partial charge on any atom is 0.306 e. The molecule has 0 aliphatic heterocycles. The van der Waals surface area contributed by atoms with Crippen molar-refractivity contribution < 1.29 is 29.0 Å². The van der Waals surface area contributed by atoms with Crippen molar-refractivity contribution in [3.05, 3.63) is 0 Å². The topological polar surface area (TPSA) is 89.9 Å². The smallest absolute Gasteiger partial charge is 0.306 e. The number of carbonyl (C=O) groups excluding carboxylic acids is 3. The van der Waals surface area contributed by atoms with E-state index in [9.17, 15) is 19.5 Å². The predicted molar refractivity (Wildman–Crippen MR) is 168 cm³/mol.